The monoisotopic (exact) mass is 382 g/mol. The minimum atomic E-state index is -0.123. The van der Waals surface area contributed by atoms with Crippen LogP contribution in [0.5, 0.6) is 0 Å². The smallest absolute Gasteiger partial charge is 0.238 e. The number of hydrogen-bond donors (Lipinski definition) is 2. The molecule has 0 aliphatic carbocycles. The fourth-order valence-corrected chi connectivity index (χ4v) is 2.72. The van der Waals surface area contributed by atoms with Gasteiger partial charge in [-0.15, -0.1) is 0 Å². The van der Waals surface area contributed by atoms with E-state index in [0.29, 0.717) is 0 Å². The van der Waals surface area contributed by atoms with Crippen molar-refractivity contribution in [1.82, 2.24) is 15.1 Å². The Bertz CT molecular complexity index is 573. The summed E-state index contributed by atoms with van der Waals surface area (Å²) in [4.78, 5) is 27.8. The fourth-order valence-electron chi connectivity index (χ4n) is 2.47. The van der Waals surface area contributed by atoms with Gasteiger partial charge in [0.05, 0.1) is 13.1 Å². The zero-order valence-electron chi connectivity index (χ0n) is 13.6. The molecule has 0 unspecified atom stereocenters. The van der Waals surface area contributed by atoms with Crippen LogP contribution in [-0.4, -0.2) is 67.9 Å². The highest BCUT2D eigenvalue weighted by Crippen LogP contribution is 2.19. The number of likely N-dealkylation sites (N-methyl/N-ethyl adjacent to an activating group) is 1. The Kier molecular flexibility index (Phi) is 6.56. The number of rotatable bonds is 5. The first-order valence-electron chi connectivity index (χ1n) is 7.69. The number of carbonyl (C=O) groups excluding carboxylic acids is 2. The van der Waals surface area contributed by atoms with Gasteiger partial charge in [-0.25, -0.2) is 0 Å². The lowest BCUT2D eigenvalue weighted by Gasteiger charge is -2.29. The molecule has 1 aromatic carbocycles. The molecule has 1 aromatic rings. The molecule has 1 aliphatic heterocycles. The number of nitrogens with zero attached hydrogens (tertiary/aromatic N) is 2. The van der Waals surface area contributed by atoms with E-state index in [0.717, 1.165) is 41.9 Å². The van der Waals surface area contributed by atoms with Crippen LogP contribution in [0.15, 0.2) is 22.7 Å². The summed E-state index contributed by atoms with van der Waals surface area (Å²) in [6.45, 7) is 5.55. The van der Waals surface area contributed by atoms with Crippen molar-refractivity contribution < 1.29 is 9.59 Å². The Morgan fingerprint density at radius 3 is 2.65 bits per heavy atom. The molecule has 0 bridgehead atoms. The molecule has 2 rings (SSSR count). The van der Waals surface area contributed by atoms with Crippen LogP contribution in [0.4, 0.5) is 5.69 Å². The molecular formula is C16H23BrN4O2. The van der Waals surface area contributed by atoms with Crippen LogP contribution in [0.25, 0.3) is 0 Å². The minimum Gasteiger partial charge on any atom is -0.339 e. The second-order valence-electron chi connectivity index (χ2n) is 5.82. The second-order valence-corrected chi connectivity index (χ2v) is 6.67. The maximum atomic E-state index is 12.2. The van der Waals surface area contributed by atoms with E-state index in [1.807, 2.05) is 30.0 Å². The van der Waals surface area contributed by atoms with Gasteiger partial charge in [0.25, 0.3) is 0 Å². The minimum absolute atomic E-state index is 0.0706. The average molecular weight is 383 g/mol. The van der Waals surface area contributed by atoms with Crippen molar-refractivity contribution in [3.05, 3.63) is 28.2 Å². The molecule has 2 N–H and O–H groups in total. The maximum absolute atomic E-state index is 12.2. The quantitative estimate of drug-likeness (QED) is 0.798. The van der Waals surface area contributed by atoms with Gasteiger partial charge in [-0.1, -0.05) is 15.9 Å². The zero-order chi connectivity index (χ0) is 16.8. The lowest BCUT2D eigenvalue weighted by molar-refractivity contribution is -0.133. The van der Waals surface area contributed by atoms with Gasteiger partial charge in [0, 0.05) is 36.3 Å². The van der Waals surface area contributed by atoms with Crippen molar-refractivity contribution >= 4 is 33.4 Å². The summed E-state index contributed by atoms with van der Waals surface area (Å²) in [5.74, 6) is -0.0522. The maximum Gasteiger partial charge on any atom is 0.238 e. The highest BCUT2D eigenvalue weighted by atomic mass is 79.9. The normalized spacial score (nSPS) is 14.9. The first-order valence-corrected chi connectivity index (χ1v) is 8.48. The molecular weight excluding hydrogens is 360 g/mol. The van der Waals surface area contributed by atoms with Crippen molar-refractivity contribution in [3.8, 4) is 0 Å². The van der Waals surface area contributed by atoms with Gasteiger partial charge < -0.3 is 15.5 Å². The number of nitrogens with one attached hydrogen (secondary N) is 2. The molecule has 23 heavy (non-hydrogen) atoms. The summed E-state index contributed by atoms with van der Waals surface area (Å²) in [7, 11) is 1.78. The third-order valence-electron chi connectivity index (χ3n) is 3.73. The van der Waals surface area contributed by atoms with Crippen molar-refractivity contribution in [1.29, 1.82) is 0 Å². The topological polar surface area (TPSA) is 64.7 Å². The van der Waals surface area contributed by atoms with Crippen molar-refractivity contribution in [2.24, 2.45) is 0 Å². The largest absolute Gasteiger partial charge is 0.339 e. The van der Waals surface area contributed by atoms with E-state index in [1.165, 1.54) is 0 Å². The average Bonchev–Trinajstić information content (AvgIpc) is 2.51. The van der Waals surface area contributed by atoms with Gasteiger partial charge in [0.15, 0.2) is 0 Å². The van der Waals surface area contributed by atoms with Crippen LogP contribution in [0.2, 0.25) is 0 Å². The van der Waals surface area contributed by atoms with E-state index in [4.69, 9.17) is 0 Å². The predicted octanol–water partition coefficient (Wildman–Crippen LogP) is 1.06. The van der Waals surface area contributed by atoms with Gasteiger partial charge in [-0.3, -0.25) is 14.5 Å². The number of amides is 2. The lowest BCUT2D eigenvalue weighted by Crippen LogP contribution is -2.49. The number of carbonyl (C=O) groups is 2. The standard InChI is InChI=1S/C16H23BrN4O2/c1-12-9-13(3-4-14(12)17)19-15(22)10-20(2)11-16(23)21-7-5-18-6-8-21/h3-4,9,18H,5-8,10-11H2,1-2H3,(H,19,22). The molecule has 0 radical (unpaired) electrons. The third kappa shape index (κ3) is 5.60. The Labute approximate surface area is 145 Å². The van der Waals surface area contributed by atoms with Gasteiger partial charge >= 0.3 is 0 Å². The van der Waals surface area contributed by atoms with Gasteiger partial charge in [-0.2, -0.15) is 0 Å². The molecule has 2 amide bonds. The van der Waals surface area contributed by atoms with Crippen molar-refractivity contribution in [2.75, 3.05) is 51.6 Å². The molecule has 1 aliphatic rings. The van der Waals surface area contributed by atoms with Crippen LogP contribution in [0.3, 0.4) is 0 Å². The van der Waals surface area contributed by atoms with Crippen molar-refractivity contribution in [3.63, 3.8) is 0 Å². The lowest BCUT2D eigenvalue weighted by atomic mass is 10.2. The number of hydrogen-bond acceptors (Lipinski definition) is 4. The number of anilines is 1. The molecule has 1 saturated heterocycles. The first-order chi connectivity index (χ1) is 11.0. The van der Waals surface area contributed by atoms with E-state index in [1.54, 1.807) is 11.9 Å². The molecule has 0 atom stereocenters. The Hall–Kier alpha value is -1.44. The highest BCUT2D eigenvalue weighted by molar-refractivity contribution is 9.10. The fraction of sp³-hybridized carbons (Fsp3) is 0.500. The summed E-state index contributed by atoms with van der Waals surface area (Å²) >= 11 is 3.43. The molecule has 7 heteroatoms. The van der Waals surface area contributed by atoms with Crippen LogP contribution in [0.1, 0.15) is 5.56 Å². The molecule has 6 nitrogen and oxygen atoms in total. The Morgan fingerprint density at radius 2 is 2.00 bits per heavy atom. The van der Waals surface area contributed by atoms with Crippen LogP contribution in [0, 0.1) is 6.92 Å². The summed E-state index contributed by atoms with van der Waals surface area (Å²) in [5.41, 5.74) is 1.82. The number of halogens is 1. The number of aryl methyl sites for hydroxylation is 1. The van der Waals surface area contributed by atoms with E-state index < -0.39 is 0 Å². The van der Waals surface area contributed by atoms with Gasteiger partial charge in [-0.05, 0) is 37.7 Å². The number of piperazine rings is 1. The summed E-state index contributed by atoms with van der Waals surface area (Å²) in [6, 6.07) is 5.66. The molecule has 126 valence electrons. The SMILES string of the molecule is Cc1cc(NC(=O)CN(C)CC(=O)N2CCNCC2)ccc1Br. The zero-order valence-corrected chi connectivity index (χ0v) is 15.1. The van der Waals surface area contributed by atoms with Crippen LogP contribution >= 0.6 is 15.9 Å². The van der Waals surface area contributed by atoms with E-state index in [2.05, 4.69) is 26.6 Å². The van der Waals surface area contributed by atoms with E-state index >= 15 is 0 Å². The highest BCUT2D eigenvalue weighted by Gasteiger charge is 2.18. The van der Waals surface area contributed by atoms with Crippen molar-refractivity contribution in [2.45, 2.75) is 6.92 Å². The van der Waals surface area contributed by atoms with Gasteiger partial charge in [0.2, 0.25) is 11.8 Å². The molecule has 1 heterocycles. The summed E-state index contributed by atoms with van der Waals surface area (Å²) < 4.78 is 1.01. The molecule has 0 saturated carbocycles. The predicted molar refractivity (Wildman–Crippen MR) is 94.5 cm³/mol. The molecule has 1 fully saturated rings. The Morgan fingerprint density at radius 1 is 1.30 bits per heavy atom. The van der Waals surface area contributed by atoms with Crippen LogP contribution in [-0.2, 0) is 9.59 Å². The summed E-state index contributed by atoms with van der Waals surface area (Å²) in [5, 5.41) is 6.07. The first kappa shape index (κ1) is 17.9. The molecule has 0 aromatic heterocycles. The Balaban J connectivity index is 1.79. The van der Waals surface area contributed by atoms with E-state index in [-0.39, 0.29) is 24.9 Å². The number of benzene rings is 1. The van der Waals surface area contributed by atoms with E-state index in [9.17, 15) is 9.59 Å². The molecule has 0 spiro atoms. The third-order valence-corrected chi connectivity index (χ3v) is 4.62. The van der Waals surface area contributed by atoms with Crippen LogP contribution < -0.4 is 10.6 Å². The second kappa shape index (κ2) is 8.42. The van der Waals surface area contributed by atoms with Gasteiger partial charge in [0.1, 0.15) is 0 Å². The summed E-state index contributed by atoms with van der Waals surface area (Å²) in [6.07, 6.45) is 0.